The van der Waals surface area contributed by atoms with Gasteiger partial charge in [0.2, 0.25) is 0 Å². The van der Waals surface area contributed by atoms with Gasteiger partial charge in [0.05, 0.1) is 12.7 Å². The maximum absolute atomic E-state index is 13.2. The van der Waals surface area contributed by atoms with Crippen molar-refractivity contribution in [3.8, 4) is 5.75 Å². The molecule has 19 heavy (non-hydrogen) atoms. The van der Waals surface area contributed by atoms with Crippen molar-refractivity contribution in [2.45, 2.75) is 19.4 Å². The Bertz CT molecular complexity index is 513. The average Bonchev–Trinajstić information content (AvgIpc) is 2.36. The highest BCUT2D eigenvalue weighted by molar-refractivity contribution is 5.99. The van der Waals surface area contributed by atoms with Crippen molar-refractivity contribution < 1.29 is 23.8 Å². The molecule has 0 saturated carbocycles. The smallest absolute Gasteiger partial charge is 0.329 e. The van der Waals surface area contributed by atoms with Crippen molar-refractivity contribution in [1.29, 1.82) is 0 Å². The topological polar surface area (TPSA) is 66.8 Å². The molecule has 0 aliphatic heterocycles. The largest absolute Gasteiger partial charge is 0.496 e. The highest BCUT2D eigenvalue weighted by Gasteiger charge is 2.36. The van der Waals surface area contributed by atoms with Gasteiger partial charge in [-0.1, -0.05) is 0 Å². The van der Waals surface area contributed by atoms with Crippen LogP contribution in [0.3, 0.4) is 0 Å². The lowest BCUT2D eigenvalue weighted by molar-refractivity contribution is -0.147. The molecule has 104 valence electrons. The second-order valence-corrected chi connectivity index (χ2v) is 4.57. The fourth-order valence-electron chi connectivity index (χ4n) is 1.43. The molecular weight excluding hydrogens is 253 g/mol. The summed E-state index contributed by atoms with van der Waals surface area (Å²) >= 11 is 0. The molecule has 0 aliphatic rings. The molecule has 0 fully saturated rings. The molecular formula is C13H16FNO4. The number of methoxy groups -OCH3 is 1. The van der Waals surface area contributed by atoms with Crippen molar-refractivity contribution in [1.82, 2.24) is 4.90 Å². The summed E-state index contributed by atoms with van der Waals surface area (Å²) in [6, 6.07) is 3.51. The second-order valence-electron chi connectivity index (χ2n) is 4.57. The van der Waals surface area contributed by atoms with Crippen molar-refractivity contribution in [2.75, 3.05) is 14.2 Å². The molecule has 0 radical (unpaired) electrons. The first kappa shape index (κ1) is 14.9. The Morgan fingerprint density at radius 3 is 2.42 bits per heavy atom. The first-order valence-corrected chi connectivity index (χ1v) is 5.57. The SMILES string of the molecule is COc1ccc(F)cc1C(=O)N(C)C(C)(C)C(=O)O. The first-order valence-electron chi connectivity index (χ1n) is 5.57. The van der Waals surface area contributed by atoms with Gasteiger partial charge < -0.3 is 14.7 Å². The van der Waals surface area contributed by atoms with Gasteiger partial charge in [-0.05, 0) is 32.0 Å². The van der Waals surface area contributed by atoms with Gasteiger partial charge in [-0.2, -0.15) is 0 Å². The molecule has 0 saturated heterocycles. The minimum Gasteiger partial charge on any atom is -0.496 e. The summed E-state index contributed by atoms with van der Waals surface area (Å²) in [5, 5.41) is 9.09. The summed E-state index contributed by atoms with van der Waals surface area (Å²) in [7, 11) is 2.70. The Morgan fingerprint density at radius 2 is 1.95 bits per heavy atom. The molecule has 0 aliphatic carbocycles. The van der Waals surface area contributed by atoms with Gasteiger partial charge in [-0.25, -0.2) is 9.18 Å². The molecule has 0 unspecified atom stereocenters. The maximum atomic E-state index is 13.2. The van der Waals surface area contributed by atoms with Gasteiger partial charge >= 0.3 is 5.97 Å². The summed E-state index contributed by atoms with van der Waals surface area (Å²) < 4.78 is 18.2. The number of likely N-dealkylation sites (N-methyl/N-ethyl adjacent to an activating group) is 1. The number of carbonyl (C=O) groups is 2. The van der Waals surface area contributed by atoms with Gasteiger partial charge in [0.25, 0.3) is 5.91 Å². The number of carbonyl (C=O) groups excluding carboxylic acids is 1. The molecule has 1 aromatic rings. The van der Waals surface area contributed by atoms with E-state index in [9.17, 15) is 14.0 Å². The lowest BCUT2D eigenvalue weighted by Crippen LogP contribution is -2.50. The Balaban J connectivity index is 3.20. The van der Waals surface area contributed by atoms with Crippen molar-refractivity contribution in [2.24, 2.45) is 0 Å². The van der Waals surface area contributed by atoms with Gasteiger partial charge in [0.1, 0.15) is 17.1 Å². The number of amides is 1. The molecule has 0 aromatic heterocycles. The highest BCUT2D eigenvalue weighted by atomic mass is 19.1. The molecule has 1 aromatic carbocycles. The molecule has 1 amide bonds. The maximum Gasteiger partial charge on any atom is 0.329 e. The number of carboxylic acids is 1. The summed E-state index contributed by atoms with van der Waals surface area (Å²) in [6.07, 6.45) is 0. The van der Waals surface area contributed by atoms with Crippen LogP contribution in [0.4, 0.5) is 4.39 Å². The minimum absolute atomic E-state index is 0.0145. The number of rotatable bonds is 4. The Morgan fingerprint density at radius 1 is 1.37 bits per heavy atom. The quantitative estimate of drug-likeness (QED) is 0.904. The summed E-state index contributed by atoms with van der Waals surface area (Å²) in [6.45, 7) is 2.78. The molecule has 1 N–H and O–H groups in total. The third kappa shape index (κ3) is 2.83. The summed E-state index contributed by atoms with van der Waals surface area (Å²) in [5.41, 5.74) is -1.42. The van der Waals surface area contributed by atoms with Crippen molar-refractivity contribution in [3.05, 3.63) is 29.6 Å². The molecule has 5 nitrogen and oxygen atoms in total. The van der Waals surface area contributed by atoms with E-state index in [1.807, 2.05) is 0 Å². The number of carboxylic acid groups (broad SMARTS) is 1. The zero-order valence-electron chi connectivity index (χ0n) is 11.2. The van der Waals surface area contributed by atoms with Crippen LogP contribution in [0.5, 0.6) is 5.75 Å². The van der Waals surface area contributed by atoms with Crippen LogP contribution in [-0.2, 0) is 4.79 Å². The van der Waals surface area contributed by atoms with E-state index >= 15 is 0 Å². The van der Waals surface area contributed by atoms with E-state index in [0.717, 1.165) is 17.0 Å². The second kappa shape index (κ2) is 5.26. The van der Waals surface area contributed by atoms with E-state index in [4.69, 9.17) is 9.84 Å². The Labute approximate surface area is 110 Å². The van der Waals surface area contributed by atoms with Gasteiger partial charge in [0, 0.05) is 7.05 Å². The van der Waals surface area contributed by atoms with Crippen LogP contribution >= 0.6 is 0 Å². The number of hydrogen-bond acceptors (Lipinski definition) is 3. The standard InChI is InChI=1S/C13H16FNO4/c1-13(2,12(17)18)15(3)11(16)9-7-8(14)5-6-10(9)19-4/h5-7H,1-4H3,(H,17,18). The van der Waals surface area contributed by atoms with Crippen molar-refractivity contribution >= 4 is 11.9 Å². The van der Waals surface area contributed by atoms with Crippen LogP contribution < -0.4 is 4.74 Å². The van der Waals surface area contributed by atoms with E-state index in [0.29, 0.717) is 0 Å². The van der Waals surface area contributed by atoms with E-state index in [2.05, 4.69) is 0 Å². The summed E-state index contributed by atoms with van der Waals surface area (Å²) in [5.74, 6) is -2.17. The van der Waals surface area contributed by atoms with E-state index in [-0.39, 0.29) is 11.3 Å². The predicted octanol–water partition coefficient (Wildman–Crippen LogP) is 1.77. The fraction of sp³-hybridized carbons (Fsp3) is 0.385. The highest BCUT2D eigenvalue weighted by Crippen LogP contribution is 2.24. The molecule has 1 rings (SSSR count). The number of hydrogen-bond donors (Lipinski definition) is 1. The fourth-order valence-corrected chi connectivity index (χ4v) is 1.43. The third-order valence-electron chi connectivity index (χ3n) is 3.06. The normalized spacial score (nSPS) is 11.0. The Hall–Kier alpha value is -2.11. The monoisotopic (exact) mass is 269 g/mol. The van der Waals surface area contributed by atoms with E-state index in [1.165, 1.54) is 34.1 Å². The molecule has 0 bridgehead atoms. The molecule has 6 heteroatoms. The van der Waals surface area contributed by atoms with Crippen molar-refractivity contribution in [3.63, 3.8) is 0 Å². The van der Waals surface area contributed by atoms with Gasteiger partial charge in [0.15, 0.2) is 0 Å². The van der Waals surface area contributed by atoms with Crippen LogP contribution in [0.15, 0.2) is 18.2 Å². The number of halogens is 1. The number of aliphatic carboxylic acids is 1. The number of benzene rings is 1. The van der Waals surface area contributed by atoms with Crippen LogP contribution in [0.1, 0.15) is 24.2 Å². The van der Waals surface area contributed by atoms with Crippen LogP contribution in [0.2, 0.25) is 0 Å². The van der Waals surface area contributed by atoms with E-state index < -0.39 is 23.2 Å². The number of nitrogens with zero attached hydrogens (tertiary/aromatic N) is 1. The summed E-state index contributed by atoms with van der Waals surface area (Å²) in [4.78, 5) is 24.4. The first-order chi connectivity index (χ1) is 8.71. The average molecular weight is 269 g/mol. The lowest BCUT2D eigenvalue weighted by Gasteiger charge is -2.31. The molecule has 0 heterocycles. The lowest BCUT2D eigenvalue weighted by atomic mass is 10.0. The minimum atomic E-state index is -1.41. The van der Waals surface area contributed by atoms with Crippen LogP contribution in [0, 0.1) is 5.82 Å². The van der Waals surface area contributed by atoms with E-state index in [1.54, 1.807) is 0 Å². The zero-order chi connectivity index (χ0) is 14.8. The third-order valence-corrected chi connectivity index (χ3v) is 3.06. The van der Waals surface area contributed by atoms with Gasteiger partial charge in [-0.3, -0.25) is 4.79 Å². The van der Waals surface area contributed by atoms with Gasteiger partial charge in [-0.15, -0.1) is 0 Å². The Kier molecular flexibility index (Phi) is 4.14. The zero-order valence-corrected chi connectivity index (χ0v) is 11.2. The van der Waals surface area contributed by atoms with Crippen LogP contribution in [0.25, 0.3) is 0 Å². The predicted molar refractivity (Wildman–Crippen MR) is 66.8 cm³/mol. The molecule has 0 atom stereocenters. The number of ether oxygens (including phenoxy) is 1. The van der Waals surface area contributed by atoms with Crippen LogP contribution in [-0.4, -0.2) is 41.6 Å². The molecule has 0 spiro atoms.